The number of rotatable bonds is 8. The van der Waals surface area contributed by atoms with Crippen LogP contribution in [0.1, 0.15) is 41.6 Å². The van der Waals surface area contributed by atoms with Crippen LogP contribution in [0, 0.1) is 5.82 Å². The number of carbonyl (C=O) groups excluding carboxylic acids is 1. The number of ketones is 1. The third kappa shape index (κ3) is 4.74. The van der Waals surface area contributed by atoms with Gasteiger partial charge in [0, 0.05) is 44.1 Å². The lowest BCUT2D eigenvalue weighted by Gasteiger charge is -2.32. The van der Waals surface area contributed by atoms with Crippen molar-refractivity contribution in [1.29, 1.82) is 0 Å². The first-order chi connectivity index (χ1) is 18.3. The summed E-state index contributed by atoms with van der Waals surface area (Å²) in [6, 6.07) is 5.15. The van der Waals surface area contributed by atoms with Gasteiger partial charge in [-0.15, -0.1) is 0 Å². The van der Waals surface area contributed by atoms with Gasteiger partial charge in [-0.05, 0) is 49.9 Å². The molecule has 2 aliphatic rings. The van der Waals surface area contributed by atoms with Gasteiger partial charge in [0.15, 0.2) is 5.78 Å². The van der Waals surface area contributed by atoms with Gasteiger partial charge in [0.2, 0.25) is 16.0 Å². The molecule has 1 saturated carbocycles. The minimum absolute atomic E-state index is 0.203. The molecule has 0 bridgehead atoms. The SMILES string of the molecule is Cn1cc(Nc2nc(N[C@@H]3CCCN(S(=O)(=O)C4CC4)C3)c3c(C(=O)c4ccc(F)cc4)c[nH]c3n2)cn1. The Morgan fingerprint density at radius 1 is 1.16 bits per heavy atom. The number of benzene rings is 1. The lowest BCUT2D eigenvalue weighted by molar-refractivity contribution is 0.104. The Morgan fingerprint density at radius 3 is 2.66 bits per heavy atom. The van der Waals surface area contributed by atoms with Crippen LogP contribution in [0.25, 0.3) is 11.0 Å². The lowest BCUT2D eigenvalue weighted by Crippen LogP contribution is -2.46. The fourth-order valence-electron chi connectivity index (χ4n) is 4.81. The zero-order valence-corrected chi connectivity index (χ0v) is 21.5. The Morgan fingerprint density at radius 2 is 1.95 bits per heavy atom. The van der Waals surface area contributed by atoms with Crippen molar-refractivity contribution >= 4 is 44.3 Å². The molecule has 198 valence electrons. The van der Waals surface area contributed by atoms with Gasteiger partial charge >= 0.3 is 0 Å². The molecular weight excluding hydrogens is 511 g/mol. The maximum atomic E-state index is 13.5. The predicted octanol–water partition coefficient (Wildman–Crippen LogP) is 3.17. The number of nitrogens with one attached hydrogen (secondary N) is 3. The van der Waals surface area contributed by atoms with Crippen molar-refractivity contribution in [2.24, 2.45) is 7.05 Å². The van der Waals surface area contributed by atoms with Crippen molar-refractivity contribution in [3.05, 3.63) is 59.8 Å². The average molecular weight is 539 g/mol. The van der Waals surface area contributed by atoms with Crippen LogP contribution in [0.2, 0.25) is 0 Å². The van der Waals surface area contributed by atoms with Crippen LogP contribution in [0.4, 0.5) is 21.8 Å². The number of H-pyrrole nitrogens is 1. The second-order valence-corrected chi connectivity index (χ2v) is 12.0. The summed E-state index contributed by atoms with van der Waals surface area (Å²) in [5.74, 6) is -0.0459. The zero-order valence-electron chi connectivity index (χ0n) is 20.7. The smallest absolute Gasteiger partial charge is 0.231 e. The van der Waals surface area contributed by atoms with E-state index in [1.165, 1.54) is 24.3 Å². The van der Waals surface area contributed by atoms with Crippen LogP contribution in [-0.4, -0.2) is 67.6 Å². The Bertz CT molecular complexity index is 1610. The zero-order chi connectivity index (χ0) is 26.4. The third-order valence-corrected chi connectivity index (χ3v) is 9.24. The molecule has 1 aliphatic carbocycles. The van der Waals surface area contributed by atoms with E-state index in [0.717, 1.165) is 6.42 Å². The van der Waals surface area contributed by atoms with Gasteiger partial charge in [-0.1, -0.05) is 0 Å². The second kappa shape index (κ2) is 9.48. The van der Waals surface area contributed by atoms with Crippen molar-refractivity contribution < 1.29 is 17.6 Å². The molecule has 13 heteroatoms. The van der Waals surface area contributed by atoms with Gasteiger partial charge < -0.3 is 15.6 Å². The van der Waals surface area contributed by atoms with E-state index in [-0.39, 0.29) is 23.0 Å². The van der Waals surface area contributed by atoms with E-state index in [2.05, 4.69) is 30.7 Å². The molecule has 38 heavy (non-hydrogen) atoms. The van der Waals surface area contributed by atoms with E-state index in [1.807, 2.05) is 0 Å². The number of anilines is 3. The van der Waals surface area contributed by atoms with Gasteiger partial charge in [-0.3, -0.25) is 9.48 Å². The average Bonchev–Trinajstić information content (AvgIpc) is 3.57. The fraction of sp³-hybridized carbons (Fsp3) is 0.360. The van der Waals surface area contributed by atoms with Gasteiger partial charge in [0.25, 0.3) is 0 Å². The summed E-state index contributed by atoms with van der Waals surface area (Å²) in [6.45, 7) is 0.823. The summed E-state index contributed by atoms with van der Waals surface area (Å²) in [6.07, 6.45) is 7.87. The molecule has 0 radical (unpaired) electrons. The molecule has 2 fully saturated rings. The van der Waals surface area contributed by atoms with Crippen molar-refractivity contribution in [2.75, 3.05) is 23.7 Å². The van der Waals surface area contributed by atoms with Crippen LogP contribution in [-0.2, 0) is 17.1 Å². The molecule has 1 aliphatic heterocycles. The largest absolute Gasteiger partial charge is 0.365 e. The van der Waals surface area contributed by atoms with E-state index < -0.39 is 15.8 Å². The van der Waals surface area contributed by atoms with Gasteiger partial charge in [-0.25, -0.2) is 12.8 Å². The normalized spacial score (nSPS) is 18.5. The quantitative estimate of drug-likeness (QED) is 0.291. The summed E-state index contributed by atoms with van der Waals surface area (Å²) in [4.78, 5) is 25.7. The number of fused-ring (bicyclic) bond motifs is 1. The summed E-state index contributed by atoms with van der Waals surface area (Å²) in [5, 5.41) is 10.9. The Labute approximate surface area is 218 Å². The van der Waals surface area contributed by atoms with Crippen molar-refractivity contribution in [3.63, 3.8) is 0 Å². The first-order valence-corrected chi connectivity index (χ1v) is 14.0. The molecular formula is C25H27FN8O3S. The van der Waals surface area contributed by atoms with E-state index >= 15 is 0 Å². The topological polar surface area (TPSA) is 138 Å². The van der Waals surface area contributed by atoms with E-state index in [4.69, 9.17) is 0 Å². The van der Waals surface area contributed by atoms with Crippen molar-refractivity contribution in [3.8, 4) is 0 Å². The first kappa shape index (κ1) is 24.5. The van der Waals surface area contributed by atoms with Gasteiger partial charge in [0.05, 0.1) is 28.1 Å². The molecule has 1 atom stereocenters. The number of piperidine rings is 1. The molecule has 1 saturated heterocycles. The number of halogens is 1. The van der Waals surface area contributed by atoms with Crippen LogP contribution < -0.4 is 10.6 Å². The highest BCUT2D eigenvalue weighted by Gasteiger charge is 2.41. The van der Waals surface area contributed by atoms with E-state index in [9.17, 15) is 17.6 Å². The number of sulfonamides is 1. The van der Waals surface area contributed by atoms with E-state index in [1.54, 1.807) is 34.6 Å². The Kier molecular flexibility index (Phi) is 6.11. The highest BCUT2D eigenvalue weighted by molar-refractivity contribution is 7.90. The summed E-state index contributed by atoms with van der Waals surface area (Å²) in [5.41, 5.74) is 1.78. The van der Waals surface area contributed by atoms with Crippen LogP contribution in [0.5, 0.6) is 0 Å². The number of carbonyl (C=O) groups is 1. The summed E-state index contributed by atoms with van der Waals surface area (Å²) < 4.78 is 42.4. The number of aryl methyl sites for hydroxylation is 1. The number of aromatic nitrogens is 5. The van der Waals surface area contributed by atoms with Crippen molar-refractivity contribution in [2.45, 2.75) is 37.0 Å². The van der Waals surface area contributed by atoms with E-state index in [0.29, 0.717) is 66.0 Å². The van der Waals surface area contributed by atoms with Crippen LogP contribution in [0.15, 0.2) is 42.9 Å². The molecule has 3 N–H and O–H groups in total. The summed E-state index contributed by atoms with van der Waals surface area (Å²) >= 11 is 0. The molecule has 11 nitrogen and oxygen atoms in total. The van der Waals surface area contributed by atoms with Crippen LogP contribution in [0.3, 0.4) is 0 Å². The minimum atomic E-state index is -3.31. The molecule has 6 rings (SSSR count). The predicted molar refractivity (Wildman–Crippen MR) is 140 cm³/mol. The molecule has 0 spiro atoms. The Hall–Kier alpha value is -3.84. The highest BCUT2D eigenvalue weighted by Crippen LogP contribution is 2.34. The second-order valence-electron chi connectivity index (χ2n) is 9.77. The fourth-order valence-corrected chi connectivity index (χ4v) is 6.73. The number of nitrogens with zero attached hydrogens (tertiary/aromatic N) is 5. The molecule has 1 aromatic carbocycles. The number of hydrogen-bond donors (Lipinski definition) is 3. The Balaban J connectivity index is 1.36. The number of aromatic amines is 1. The van der Waals surface area contributed by atoms with Gasteiger partial charge in [-0.2, -0.15) is 19.4 Å². The summed E-state index contributed by atoms with van der Waals surface area (Å²) in [7, 11) is -1.51. The lowest BCUT2D eigenvalue weighted by atomic mass is 10.0. The molecule has 4 heterocycles. The molecule has 0 unspecified atom stereocenters. The standard InChI is InChI=1S/C25H27FN8O3S/c1-33-13-18(11-28-33)30-25-31-23-21(20(12-27-23)22(35)15-4-6-16(26)7-5-15)24(32-25)29-17-3-2-10-34(14-17)38(36,37)19-8-9-19/h4-7,11-13,17,19H,2-3,8-10,14H2,1H3,(H3,27,29,30,31,32)/t17-/m1/s1. The van der Waals surface area contributed by atoms with Gasteiger partial charge in [0.1, 0.15) is 17.3 Å². The maximum Gasteiger partial charge on any atom is 0.231 e. The molecule has 4 aromatic rings. The monoisotopic (exact) mass is 538 g/mol. The minimum Gasteiger partial charge on any atom is -0.365 e. The molecule has 3 aromatic heterocycles. The highest BCUT2D eigenvalue weighted by atomic mass is 32.2. The maximum absolute atomic E-state index is 13.5. The molecule has 0 amide bonds. The van der Waals surface area contributed by atoms with Crippen molar-refractivity contribution in [1.82, 2.24) is 29.0 Å². The number of hydrogen-bond acceptors (Lipinski definition) is 8. The first-order valence-electron chi connectivity index (χ1n) is 12.5. The van der Waals surface area contributed by atoms with Crippen LogP contribution >= 0.6 is 0 Å². The third-order valence-electron chi connectivity index (χ3n) is 6.87.